The third-order valence-electron chi connectivity index (χ3n) is 5.03. The standard InChI is InChI=1S/C22H30N6O2/c29-21-7-13-27(17-19-5-1-3-9-23-19)15-11-25-22(30)8-14-28(16-12-26-21)18-20-6-2-4-10-24-20/h1-6,9-10H,7-8,11-18H2,(H,25,30)(H,26,29). The van der Waals surface area contributed by atoms with Gasteiger partial charge in [0.25, 0.3) is 0 Å². The predicted molar refractivity (Wildman–Crippen MR) is 114 cm³/mol. The van der Waals surface area contributed by atoms with Crippen LogP contribution in [0.1, 0.15) is 24.2 Å². The third kappa shape index (κ3) is 7.88. The third-order valence-corrected chi connectivity index (χ3v) is 5.03. The first kappa shape index (κ1) is 21.9. The second kappa shape index (κ2) is 12.0. The maximum absolute atomic E-state index is 12.3. The highest BCUT2D eigenvalue weighted by Gasteiger charge is 2.14. The maximum atomic E-state index is 12.3. The highest BCUT2D eigenvalue weighted by Crippen LogP contribution is 2.04. The molecule has 3 heterocycles. The van der Waals surface area contributed by atoms with Gasteiger partial charge in [0.05, 0.1) is 11.4 Å². The molecule has 2 amide bonds. The van der Waals surface area contributed by atoms with Gasteiger partial charge in [-0.15, -0.1) is 0 Å². The Hall–Kier alpha value is -2.84. The van der Waals surface area contributed by atoms with Gasteiger partial charge in [-0.2, -0.15) is 0 Å². The van der Waals surface area contributed by atoms with Crippen molar-refractivity contribution in [1.29, 1.82) is 0 Å². The maximum Gasteiger partial charge on any atom is 0.221 e. The van der Waals surface area contributed by atoms with Crippen LogP contribution in [0.3, 0.4) is 0 Å². The first-order valence-corrected chi connectivity index (χ1v) is 10.5. The molecular weight excluding hydrogens is 380 g/mol. The van der Waals surface area contributed by atoms with E-state index in [1.807, 2.05) is 36.4 Å². The molecule has 8 heteroatoms. The normalized spacial score (nSPS) is 18.3. The van der Waals surface area contributed by atoms with Crippen LogP contribution in [0.2, 0.25) is 0 Å². The SMILES string of the molecule is O=C1CCN(Cc2ccccn2)CCNC(=O)CCN(Cc2ccccn2)CCN1. The van der Waals surface area contributed by atoms with E-state index >= 15 is 0 Å². The Kier molecular flexibility index (Phi) is 8.74. The van der Waals surface area contributed by atoms with Crippen LogP contribution in [0.25, 0.3) is 0 Å². The van der Waals surface area contributed by atoms with E-state index in [1.165, 1.54) is 0 Å². The minimum absolute atomic E-state index is 0.0416. The fourth-order valence-corrected chi connectivity index (χ4v) is 3.38. The molecule has 0 spiro atoms. The zero-order valence-electron chi connectivity index (χ0n) is 17.3. The molecule has 1 fully saturated rings. The Morgan fingerprint density at radius 3 is 1.57 bits per heavy atom. The fourth-order valence-electron chi connectivity index (χ4n) is 3.38. The highest BCUT2D eigenvalue weighted by molar-refractivity contribution is 5.76. The summed E-state index contributed by atoms with van der Waals surface area (Å²) in [5.41, 5.74) is 1.91. The van der Waals surface area contributed by atoms with Crippen molar-refractivity contribution >= 4 is 11.8 Å². The topological polar surface area (TPSA) is 90.5 Å². The largest absolute Gasteiger partial charge is 0.355 e. The van der Waals surface area contributed by atoms with Crippen molar-refractivity contribution in [3.8, 4) is 0 Å². The average molecular weight is 411 g/mol. The number of hydrogen-bond donors (Lipinski definition) is 2. The van der Waals surface area contributed by atoms with Crippen LogP contribution in [0.15, 0.2) is 48.8 Å². The molecule has 160 valence electrons. The highest BCUT2D eigenvalue weighted by atomic mass is 16.2. The van der Waals surface area contributed by atoms with E-state index in [0.29, 0.717) is 65.2 Å². The number of rotatable bonds is 4. The molecule has 0 atom stereocenters. The lowest BCUT2D eigenvalue weighted by Crippen LogP contribution is -2.41. The van der Waals surface area contributed by atoms with Gasteiger partial charge in [0.2, 0.25) is 11.8 Å². The van der Waals surface area contributed by atoms with Gasteiger partial charge in [0.1, 0.15) is 0 Å². The van der Waals surface area contributed by atoms with Gasteiger partial charge in [-0.05, 0) is 24.3 Å². The van der Waals surface area contributed by atoms with Crippen molar-refractivity contribution in [3.05, 3.63) is 60.2 Å². The van der Waals surface area contributed by atoms with Gasteiger partial charge in [-0.3, -0.25) is 29.4 Å². The quantitative estimate of drug-likeness (QED) is 0.775. The zero-order valence-corrected chi connectivity index (χ0v) is 17.3. The van der Waals surface area contributed by atoms with Gasteiger partial charge >= 0.3 is 0 Å². The van der Waals surface area contributed by atoms with E-state index in [1.54, 1.807) is 12.4 Å². The molecule has 2 aromatic heterocycles. The molecule has 1 aliphatic rings. The van der Waals surface area contributed by atoms with Gasteiger partial charge in [-0.25, -0.2) is 0 Å². The summed E-state index contributed by atoms with van der Waals surface area (Å²) in [5, 5.41) is 6.01. The smallest absolute Gasteiger partial charge is 0.221 e. The molecule has 0 unspecified atom stereocenters. The van der Waals surface area contributed by atoms with Crippen molar-refractivity contribution in [1.82, 2.24) is 30.4 Å². The number of nitrogens with zero attached hydrogens (tertiary/aromatic N) is 4. The molecule has 0 aliphatic carbocycles. The molecule has 2 aromatic rings. The van der Waals surface area contributed by atoms with Crippen LogP contribution < -0.4 is 10.6 Å². The predicted octanol–water partition coefficient (Wildman–Crippen LogP) is 0.807. The Balaban J connectivity index is 1.56. The number of nitrogens with one attached hydrogen (secondary N) is 2. The van der Waals surface area contributed by atoms with Gasteiger partial charge in [-0.1, -0.05) is 12.1 Å². The lowest BCUT2D eigenvalue weighted by atomic mass is 10.2. The van der Waals surface area contributed by atoms with Gasteiger partial charge < -0.3 is 10.6 Å². The van der Waals surface area contributed by atoms with Crippen LogP contribution in [-0.2, 0) is 22.7 Å². The Morgan fingerprint density at radius 1 is 0.700 bits per heavy atom. The summed E-state index contributed by atoms with van der Waals surface area (Å²) in [6, 6.07) is 11.6. The fraction of sp³-hybridized carbons (Fsp3) is 0.455. The summed E-state index contributed by atoms with van der Waals surface area (Å²) in [6.45, 7) is 5.00. The van der Waals surface area contributed by atoms with Gasteiger partial charge in [0.15, 0.2) is 0 Å². The summed E-state index contributed by atoms with van der Waals surface area (Å²) >= 11 is 0. The number of carbonyl (C=O) groups is 2. The van der Waals surface area contributed by atoms with Crippen molar-refractivity contribution in [2.45, 2.75) is 25.9 Å². The van der Waals surface area contributed by atoms with E-state index in [-0.39, 0.29) is 11.8 Å². The number of pyridine rings is 2. The molecule has 0 radical (unpaired) electrons. The molecule has 0 aromatic carbocycles. The molecule has 3 rings (SSSR count). The molecule has 1 aliphatic heterocycles. The number of aromatic nitrogens is 2. The Labute approximate surface area is 177 Å². The van der Waals surface area contributed by atoms with Crippen molar-refractivity contribution in [3.63, 3.8) is 0 Å². The second-order valence-corrected chi connectivity index (χ2v) is 7.39. The summed E-state index contributed by atoms with van der Waals surface area (Å²) < 4.78 is 0. The van der Waals surface area contributed by atoms with Crippen LogP contribution in [0.5, 0.6) is 0 Å². The van der Waals surface area contributed by atoms with Crippen LogP contribution in [0, 0.1) is 0 Å². The molecule has 2 N–H and O–H groups in total. The molecule has 1 saturated heterocycles. The minimum Gasteiger partial charge on any atom is -0.355 e. The minimum atomic E-state index is 0.0416. The average Bonchev–Trinajstić information content (AvgIpc) is 2.76. The Bertz CT molecular complexity index is 719. The first-order chi connectivity index (χ1) is 14.7. The summed E-state index contributed by atoms with van der Waals surface area (Å²) in [6.07, 6.45) is 4.37. The van der Waals surface area contributed by atoms with Gasteiger partial charge in [0, 0.05) is 77.6 Å². The summed E-state index contributed by atoms with van der Waals surface area (Å²) in [4.78, 5) is 37.7. The lowest BCUT2D eigenvalue weighted by molar-refractivity contribution is -0.123. The lowest BCUT2D eigenvalue weighted by Gasteiger charge is -2.24. The first-order valence-electron chi connectivity index (χ1n) is 10.5. The second-order valence-electron chi connectivity index (χ2n) is 7.39. The van der Waals surface area contributed by atoms with Crippen molar-refractivity contribution in [2.75, 3.05) is 39.3 Å². The van der Waals surface area contributed by atoms with Crippen LogP contribution >= 0.6 is 0 Å². The van der Waals surface area contributed by atoms with Crippen molar-refractivity contribution < 1.29 is 9.59 Å². The zero-order chi connectivity index (χ0) is 21.0. The number of carbonyl (C=O) groups excluding carboxylic acids is 2. The van der Waals surface area contributed by atoms with E-state index in [0.717, 1.165) is 11.4 Å². The van der Waals surface area contributed by atoms with Crippen LogP contribution in [0.4, 0.5) is 0 Å². The van der Waals surface area contributed by atoms with E-state index in [2.05, 4.69) is 30.4 Å². The molecule has 8 nitrogen and oxygen atoms in total. The number of hydrogen-bond acceptors (Lipinski definition) is 6. The monoisotopic (exact) mass is 410 g/mol. The number of amides is 2. The molecule has 0 saturated carbocycles. The Morgan fingerprint density at radius 2 is 1.17 bits per heavy atom. The molecular formula is C22H30N6O2. The molecule has 30 heavy (non-hydrogen) atoms. The summed E-state index contributed by atoms with van der Waals surface area (Å²) in [7, 11) is 0. The van der Waals surface area contributed by atoms with E-state index in [9.17, 15) is 9.59 Å². The van der Waals surface area contributed by atoms with Crippen LogP contribution in [-0.4, -0.2) is 70.9 Å². The molecule has 0 bridgehead atoms. The summed E-state index contributed by atoms with van der Waals surface area (Å²) in [5.74, 6) is 0.0832. The van der Waals surface area contributed by atoms with Crippen molar-refractivity contribution in [2.24, 2.45) is 0 Å². The van der Waals surface area contributed by atoms with E-state index in [4.69, 9.17) is 0 Å². The van der Waals surface area contributed by atoms with E-state index < -0.39 is 0 Å².